The van der Waals surface area contributed by atoms with Gasteiger partial charge in [-0.2, -0.15) is 5.11 Å². The van der Waals surface area contributed by atoms with Gasteiger partial charge >= 0.3 is 0 Å². The number of halogens is 2. The van der Waals surface area contributed by atoms with Crippen LogP contribution in [0.1, 0.15) is 6.92 Å². The van der Waals surface area contributed by atoms with Crippen LogP contribution in [0.2, 0.25) is 10.0 Å². The summed E-state index contributed by atoms with van der Waals surface area (Å²) in [6, 6.07) is 4.77. The van der Waals surface area contributed by atoms with Gasteiger partial charge in [0.05, 0.1) is 33.5 Å². The number of nitrogens with one attached hydrogen (secondary N) is 1. The number of ether oxygens (including phenoxy) is 4. The summed E-state index contributed by atoms with van der Waals surface area (Å²) >= 11 is 12.5. The van der Waals surface area contributed by atoms with Crippen molar-refractivity contribution in [2.45, 2.75) is 13.0 Å². The normalized spacial score (nSPS) is 11.7. The summed E-state index contributed by atoms with van der Waals surface area (Å²) in [5.41, 5.74) is 0.242. The lowest BCUT2D eigenvalue weighted by atomic mass is 10.2. The SMILES string of the molecule is COc1ccc(OC)c(NC(=O)C(N=Nc2c(Cl)ccc(OC)c2OC)C(C)=O)c1Cl. The number of carbonyl (C=O) groups is 2. The molecule has 0 spiro atoms. The number of nitrogens with zero attached hydrogens (tertiary/aromatic N) is 2. The summed E-state index contributed by atoms with van der Waals surface area (Å²) in [7, 11) is 5.69. The van der Waals surface area contributed by atoms with Gasteiger partial charge in [0, 0.05) is 0 Å². The average molecular weight is 470 g/mol. The first-order valence-corrected chi connectivity index (χ1v) is 9.57. The zero-order valence-corrected chi connectivity index (χ0v) is 19.0. The highest BCUT2D eigenvalue weighted by atomic mass is 35.5. The van der Waals surface area contributed by atoms with Gasteiger partial charge in [-0.3, -0.25) is 9.59 Å². The van der Waals surface area contributed by atoms with Crippen molar-refractivity contribution < 1.29 is 28.5 Å². The van der Waals surface area contributed by atoms with Crippen molar-refractivity contribution in [3.63, 3.8) is 0 Å². The molecule has 2 rings (SSSR count). The highest BCUT2D eigenvalue weighted by Crippen LogP contribution is 2.43. The Morgan fingerprint density at radius 3 is 2.03 bits per heavy atom. The number of methoxy groups -OCH3 is 4. The minimum absolute atomic E-state index is 0.104. The third kappa shape index (κ3) is 5.36. The first-order valence-electron chi connectivity index (χ1n) is 8.82. The molecular formula is C20H21Cl2N3O6. The van der Waals surface area contributed by atoms with Gasteiger partial charge in [-0.15, -0.1) is 5.11 Å². The number of amides is 1. The van der Waals surface area contributed by atoms with Crippen LogP contribution in [0.15, 0.2) is 34.5 Å². The van der Waals surface area contributed by atoms with Crippen LogP contribution >= 0.6 is 23.2 Å². The standard InChI is InChI=1S/C20H21Cl2N3O6/c1-10(26)16(24-25-17-11(21)6-7-14(30-4)19(17)31-5)20(27)23-18-13(29-3)9-8-12(28-2)15(18)22/h6-9,16H,1-5H3,(H,23,27). The number of carbonyl (C=O) groups excluding carboxylic acids is 2. The maximum atomic E-state index is 12.8. The summed E-state index contributed by atoms with van der Waals surface area (Å²) in [6.07, 6.45) is 0. The summed E-state index contributed by atoms with van der Waals surface area (Å²) < 4.78 is 20.9. The van der Waals surface area contributed by atoms with Crippen LogP contribution in [-0.2, 0) is 9.59 Å². The lowest BCUT2D eigenvalue weighted by Crippen LogP contribution is -2.32. The van der Waals surface area contributed by atoms with Gasteiger partial charge in [-0.25, -0.2) is 0 Å². The molecule has 0 radical (unpaired) electrons. The van der Waals surface area contributed by atoms with Gasteiger partial charge in [0.15, 0.2) is 17.3 Å². The number of benzene rings is 2. The second kappa shape index (κ2) is 10.8. The Bertz CT molecular complexity index is 1010. The van der Waals surface area contributed by atoms with E-state index in [-0.39, 0.29) is 32.9 Å². The first-order chi connectivity index (χ1) is 14.8. The molecule has 0 saturated heterocycles. The van der Waals surface area contributed by atoms with Crippen molar-refractivity contribution in [1.82, 2.24) is 0 Å². The molecule has 0 aliphatic heterocycles. The van der Waals surface area contributed by atoms with E-state index >= 15 is 0 Å². The Labute approximate surface area is 189 Å². The third-order valence-electron chi connectivity index (χ3n) is 4.13. The van der Waals surface area contributed by atoms with Crippen LogP contribution < -0.4 is 24.3 Å². The van der Waals surface area contributed by atoms with Crippen molar-refractivity contribution in [3.8, 4) is 23.0 Å². The number of rotatable bonds is 9. The molecule has 1 unspecified atom stereocenters. The molecule has 9 nitrogen and oxygen atoms in total. The molecule has 1 atom stereocenters. The van der Waals surface area contributed by atoms with Crippen molar-refractivity contribution in [1.29, 1.82) is 0 Å². The fourth-order valence-corrected chi connectivity index (χ4v) is 3.06. The first kappa shape index (κ1) is 24.2. The van der Waals surface area contributed by atoms with Crippen molar-refractivity contribution >= 4 is 46.3 Å². The highest BCUT2D eigenvalue weighted by molar-refractivity contribution is 6.36. The number of anilines is 1. The largest absolute Gasteiger partial charge is 0.495 e. The van der Waals surface area contributed by atoms with E-state index in [2.05, 4.69) is 15.5 Å². The zero-order valence-electron chi connectivity index (χ0n) is 17.5. The van der Waals surface area contributed by atoms with Gasteiger partial charge in [-0.1, -0.05) is 23.2 Å². The monoisotopic (exact) mass is 469 g/mol. The number of azo groups is 1. The second-order valence-corrected chi connectivity index (χ2v) is 6.79. The lowest BCUT2D eigenvalue weighted by Gasteiger charge is -2.16. The maximum absolute atomic E-state index is 12.8. The lowest BCUT2D eigenvalue weighted by molar-refractivity contribution is -0.126. The zero-order chi connectivity index (χ0) is 23.1. The molecule has 1 amide bonds. The minimum Gasteiger partial charge on any atom is -0.495 e. The Morgan fingerprint density at radius 1 is 0.903 bits per heavy atom. The van der Waals surface area contributed by atoms with E-state index in [0.717, 1.165) is 0 Å². The molecule has 2 aromatic carbocycles. The molecule has 0 bridgehead atoms. The van der Waals surface area contributed by atoms with E-state index in [1.807, 2.05) is 0 Å². The summed E-state index contributed by atoms with van der Waals surface area (Å²) in [6.45, 7) is 1.21. The van der Waals surface area contributed by atoms with Crippen LogP contribution in [0.4, 0.5) is 11.4 Å². The van der Waals surface area contributed by atoms with E-state index in [9.17, 15) is 9.59 Å². The molecule has 0 aliphatic carbocycles. The van der Waals surface area contributed by atoms with Crippen LogP contribution in [-0.4, -0.2) is 46.2 Å². The second-order valence-electron chi connectivity index (χ2n) is 6.01. The van der Waals surface area contributed by atoms with E-state index in [4.69, 9.17) is 42.1 Å². The van der Waals surface area contributed by atoms with Crippen molar-refractivity contribution in [3.05, 3.63) is 34.3 Å². The van der Waals surface area contributed by atoms with Crippen LogP contribution in [0.5, 0.6) is 23.0 Å². The third-order valence-corrected chi connectivity index (χ3v) is 4.81. The van der Waals surface area contributed by atoms with Crippen LogP contribution in [0.3, 0.4) is 0 Å². The molecule has 1 N–H and O–H groups in total. The Balaban J connectivity index is 2.41. The Hall–Kier alpha value is -3.04. The Morgan fingerprint density at radius 2 is 1.48 bits per heavy atom. The molecular weight excluding hydrogens is 449 g/mol. The fraction of sp³-hybridized carbons (Fsp3) is 0.300. The van der Waals surface area contributed by atoms with Gasteiger partial charge in [-0.05, 0) is 31.2 Å². The number of ketones is 1. The van der Waals surface area contributed by atoms with Gasteiger partial charge in [0.25, 0.3) is 5.91 Å². The molecule has 2 aromatic rings. The van der Waals surface area contributed by atoms with E-state index in [0.29, 0.717) is 11.5 Å². The molecule has 0 aromatic heterocycles. The molecule has 0 heterocycles. The summed E-state index contributed by atoms with van der Waals surface area (Å²) in [5.74, 6) is -0.181. The maximum Gasteiger partial charge on any atom is 0.258 e. The van der Waals surface area contributed by atoms with E-state index in [1.54, 1.807) is 18.2 Å². The van der Waals surface area contributed by atoms with Gasteiger partial charge in [0.2, 0.25) is 6.04 Å². The molecule has 0 fully saturated rings. The molecule has 11 heteroatoms. The minimum atomic E-state index is -1.49. The van der Waals surface area contributed by atoms with Crippen molar-refractivity contribution in [2.24, 2.45) is 10.2 Å². The molecule has 0 aliphatic rings. The Kier molecular flexibility index (Phi) is 8.47. The number of Topliss-reactive ketones (excluding diaryl/α,β-unsaturated/α-hetero) is 1. The predicted octanol–water partition coefficient (Wildman–Crippen LogP) is 4.71. The highest BCUT2D eigenvalue weighted by Gasteiger charge is 2.26. The fourth-order valence-electron chi connectivity index (χ4n) is 2.59. The molecule has 31 heavy (non-hydrogen) atoms. The van der Waals surface area contributed by atoms with Gasteiger partial charge < -0.3 is 24.3 Å². The van der Waals surface area contributed by atoms with E-state index in [1.165, 1.54) is 41.4 Å². The quantitative estimate of drug-likeness (QED) is 0.420. The summed E-state index contributed by atoms with van der Waals surface area (Å²) in [4.78, 5) is 25.0. The van der Waals surface area contributed by atoms with E-state index < -0.39 is 17.7 Å². The number of hydrogen-bond acceptors (Lipinski definition) is 8. The van der Waals surface area contributed by atoms with Crippen LogP contribution in [0.25, 0.3) is 0 Å². The van der Waals surface area contributed by atoms with Crippen molar-refractivity contribution in [2.75, 3.05) is 33.8 Å². The summed E-state index contributed by atoms with van der Waals surface area (Å²) in [5, 5.41) is 10.7. The number of hydrogen-bond donors (Lipinski definition) is 1. The topological polar surface area (TPSA) is 108 Å². The smallest absolute Gasteiger partial charge is 0.258 e. The molecule has 0 saturated carbocycles. The average Bonchev–Trinajstić information content (AvgIpc) is 2.75. The molecule has 166 valence electrons. The van der Waals surface area contributed by atoms with Gasteiger partial charge in [0.1, 0.15) is 27.9 Å². The van der Waals surface area contributed by atoms with Crippen LogP contribution in [0, 0.1) is 0 Å². The predicted molar refractivity (Wildman–Crippen MR) is 117 cm³/mol.